The number of nitrogen functional groups attached to an aromatic ring is 1. The van der Waals surface area contributed by atoms with Gasteiger partial charge in [0.25, 0.3) is 5.91 Å². The van der Waals surface area contributed by atoms with Crippen LogP contribution in [0.3, 0.4) is 0 Å². The molecular formula is C15H16BrN3O. The Hall–Kier alpha value is -1.88. The summed E-state index contributed by atoms with van der Waals surface area (Å²) >= 11 is 3.35. The first kappa shape index (κ1) is 14.5. The summed E-state index contributed by atoms with van der Waals surface area (Å²) in [6.45, 7) is 3.18. The van der Waals surface area contributed by atoms with Crippen LogP contribution in [-0.4, -0.2) is 22.3 Å². The topological polar surface area (TPSA) is 59.2 Å². The zero-order valence-electron chi connectivity index (χ0n) is 11.2. The molecule has 0 aliphatic carbocycles. The van der Waals surface area contributed by atoms with Crippen molar-refractivity contribution in [2.24, 2.45) is 0 Å². The van der Waals surface area contributed by atoms with Crippen LogP contribution in [0, 0.1) is 0 Å². The Kier molecular flexibility index (Phi) is 4.74. The molecule has 0 atom stereocenters. The third-order valence-corrected chi connectivity index (χ3v) is 3.73. The molecule has 0 fully saturated rings. The molecule has 0 spiro atoms. The molecule has 0 bridgehead atoms. The lowest BCUT2D eigenvalue weighted by Gasteiger charge is -2.21. The molecular weight excluding hydrogens is 318 g/mol. The summed E-state index contributed by atoms with van der Waals surface area (Å²) in [5.74, 6) is -0.00925. The molecule has 1 amide bonds. The molecule has 1 heterocycles. The second-order valence-corrected chi connectivity index (χ2v) is 5.27. The Labute approximate surface area is 126 Å². The van der Waals surface area contributed by atoms with Gasteiger partial charge in [0.05, 0.1) is 0 Å². The number of hydrogen-bond acceptors (Lipinski definition) is 3. The number of hydrogen-bond donors (Lipinski definition) is 1. The quantitative estimate of drug-likeness (QED) is 0.874. The molecule has 5 heteroatoms. The van der Waals surface area contributed by atoms with E-state index in [1.165, 1.54) is 0 Å². The van der Waals surface area contributed by atoms with Crippen LogP contribution in [0.15, 0.2) is 47.2 Å². The summed E-state index contributed by atoms with van der Waals surface area (Å²) in [4.78, 5) is 18.3. The van der Waals surface area contributed by atoms with Crippen LogP contribution in [0.4, 0.5) is 5.69 Å². The van der Waals surface area contributed by atoms with Gasteiger partial charge in [-0.25, -0.2) is 0 Å². The Morgan fingerprint density at radius 3 is 2.60 bits per heavy atom. The second kappa shape index (κ2) is 6.52. The van der Waals surface area contributed by atoms with Gasteiger partial charge < -0.3 is 10.6 Å². The first-order valence-corrected chi connectivity index (χ1v) is 7.14. The smallest absolute Gasteiger partial charge is 0.254 e. The minimum Gasteiger partial charge on any atom is -0.398 e. The molecule has 1 aromatic heterocycles. The summed E-state index contributed by atoms with van der Waals surface area (Å²) in [5, 5.41) is 0. The van der Waals surface area contributed by atoms with E-state index in [1.54, 1.807) is 35.5 Å². The number of aromatic nitrogens is 1. The Balaban J connectivity index is 2.18. The molecule has 0 radical (unpaired) electrons. The Morgan fingerprint density at radius 2 is 2.00 bits per heavy atom. The third-order valence-electron chi connectivity index (χ3n) is 3.04. The number of rotatable bonds is 4. The van der Waals surface area contributed by atoms with E-state index in [4.69, 9.17) is 5.73 Å². The molecule has 0 unspecified atom stereocenters. The summed E-state index contributed by atoms with van der Waals surface area (Å²) in [7, 11) is 0. The maximum atomic E-state index is 12.5. The van der Waals surface area contributed by atoms with E-state index in [0.717, 1.165) is 10.0 Å². The van der Waals surface area contributed by atoms with Crippen LogP contribution in [0.2, 0.25) is 0 Å². The van der Waals surface area contributed by atoms with Gasteiger partial charge in [-0.05, 0) is 58.7 Å². The lowest BCUT2D eigenvalue weighted by atomic mass is 10.1. The van der Waals surface area contributed by atoms with Gasteiger partial charge in [-0.1, -0.05) is 0 Å². The predicted molar refractivity (Wildman–Crippen MR) is 83.2 cm³/mol. The highest BCUT2D eigenvalue weighted by molar-refractivity contribution is 9.10. The van der Waals surface area contributed by atoms with Crippen LogP contribution < -0.4 is 5.73 Å². The molecule has 2 aromatic rings. The average molecular weight is 334 g/mol. The van der Waals surface area contributed by atoms with Gasteiger partial charge in [-0.3, -0.25) is 9.78 Å². The average Bonchev–Trinajstić information content (AvgIpc) is 2.48. The molecule has 20 heavy (non-hydrogen) atoms. The highest BCUT2D eigenvalue weighted by Gasteiger charge is 2.15. The monoisotopic (exact) mass is 333 g/mol. The molecule has 1 aromatic carbocycles. The van der Waals surface area contributed by atoms with E-state index in [-0.39, 0.29) is 5.91 Å². The molecule has 104 valence electrons. The van der Waals surface area contributed by atoms with E-state index < -0.39 is 0 Å². The van der Waals surface area contributed by atoms with Crippen molar-refractivity contribution in [2.45, 2.75) is 13.5 Å². The van der Waals surface area contributed by atoms with Gasteiger partial charge in [-0.2, -0.15) is 0 Å². The lowest BCUT2D eigenvalue weighted by Crippen LogP contribution is -2.30. The van der Waals surface area contributed by atoms with E-state index in [9.17, 15) is 4.79 Å². The maximum absolute atomic E-state index is 12.5. The number of nitrogens with zero attached hydrogens (tertiary/aromatic N) is 2. The first-order chi connectivity index (χ1) is 9.61. The number of carbonyl (C=O) groups excluding carboxylic acids is 1. The van der Waals surface area contributed by atoms with Gasteiger partial charge in [0, 0.05) is 41.2 Å². The minimum absolute atomic E-state index is 0.00925. The molecule has 2 rings (SSSR count). The maximum Gasteiger partial charge on any atom is 0.254 e. The van der Waals surface area contributed by atoms with Crippen molar-refractivity contribution in [3.05, 3.63) is 58.3 Å². The standard InChI is InChI=1S/C15H16BrN3O/c1-2-19(10-11-5-7-18-8-6-11)15(20)12-3-4-14(17)13(16)9-12/h3-9H,2,10,17H2,1H3. The van der Waals surface area contributed by atoms with E-state index >= 15 is 0 Å². The number of amides is 1. The Morgan fingerprint density at radius 1 is 1.30 bits per heavy atom. The number of nitrogens with two attached hydrogens (primary N) is 1. The van der Waals surface area contributed by atoms with Crippen molar-refractivity contribution >= 4 is 27.5 Å². The van der Waals surface area contributed by atoms with E-state index in [0.29, 0.717) is 24.3 Å². The van der Waals surface area contributed by atoms with Gasteiger partial charge >= 0.3 is 0 Å². The molecule has 2 N–H and O–H groups in total. The fourth-order valence-corrected chi connectivity index (χ4v) is 2.26. The van der Waals surface area contributed by atoms with E-state index in [2.05, 4.69) is 20.9 Å². The van der Waals surface area contributed by atoms with Crippen LogP contribution in [0.1, 0.15) is 22.8 Å². The highest BCUT2D eigenvalue weighted by Crippen LogP contribution is 2.21. The summed E-state index contributed by atoms with van der Waals surface area (Å²) in [5.41, 5.74) is 8.05. The van der Waals surface area contributed by atoms with Crippen LogP contribution in [0.5, 0.6) is 0 Å². The molecule has 0 aliphatic rings. The lowest BCUT2D eigenvalue weighted by molar-refractivity contribution is 0.0752. The SMILES string of the molecule is CCN(Cc1ccncc1)C(=O)c1ccc(N)c(Br)c1. The molecule has 0 saturated heterocycles. The molecule has 0 aliphatic heterocycles. The Bertz CT molecular complexity index is 601. The molecule has 0 saturated carbocycles. The fourth-order valence-electron chi connectivity index (χ4n) is 1.88. The zero-order chi connectivity index (χ0) is 14.5. The summed E-state index contributed by atoms with van der Waals surface area (Å²) in [6, 6.07) is 9.06. The summed E-state index contributed by atoms with van der Waals surface area (Å²) in [6.07, 6.45) is 3.46. The van der Waals surface area contributed by atoms with Crippen LogP contribution in [0.25, 0.3) is 0 Å². The van der Waals surface area contributed by atoms with Crippen molar-refractivity contribution in [3.63, 3.8) is 0 Å². The highest BCUT2D eigenvalue weighted by atomic mass is 79.9. The van der Waals surface area contributed by atoms with Gasteiger partial charge in [0.15, 0.2) is 0 Å². The zero-order valence-corrected chi connectivity index (χ0v) is 12.8. The number of halogens is 1. The molecule has 4 nitrogen and oxygen atoms in total. The van der Waals surface area contributed by atoms with Gasteiger partial charge in [0.1, 0.15) is 0 Å². The largest absolute Gasteiger partial charge is 0.398 e. The van der Waals surface area contributed by atoms with Crippen molar-refractivity contribution in [1.29, 1.82) is 0 Å². The van der Waals surface area contributed by atoms with Crippen molar-refractivity contribution in [2.75, 3.05) is 12.3 Å². The van der Waals surface area contributed by atoms with Crippen molar-refractivity contribution in [1.82, 2.24) is 9.88 Å². The van der Waals surface area contributed by atoms with Crippen molar-refractivity contribution in [3.8, 4) is 0 Å². The summed E-state index contributed by atoms with van der Waals surface area (Å²) < 4.78 is 0.739. The van der Waals surface area contributed by atoms with Gasteiger partial charge in [-0.15, -0.1) is 0 Å². The predicted octanol–water partition coefficient (Wildman–Crippen LogP) is 3.09. The normalized spacial score (nSPS) is 10.3. The number of pyridine rings is 1. The first-order valence-electron chi connectivity index (χ1n) is 6.35. The van der Waals surface area contributed by atoms with Gasteiger partial charge in [0.2, 0.25) is 0 Å². The third kappa shape index (κ3) is 3.36. The number of anilines is 1. The second-order valence-electron chi connectivity index (χ2n) is 4.41. The number of benzene rings is 1. The van der Waals surface area contributed by atoms with Crippen molar-refractivity contribution < 1.29 is 4.79 Å². The van der Waals surface area contributed by atoms with Crippen LogP contribution >= 0.6 is 15.9 Å². The minimum atomic E-state index is -0.00925. The van der Waals surface area contributed by atoms with E-state index in [1.807, 2.05) is 19.1 Å². The number of carbonyl (C=O) groups is 1. The van der Waals surface area contributed by atoms with Crippen LogP contribution in [-0.2, 0) is 6.54 Å². The fraction of sp³-hybridized carbons (Fsp3) is 0.200.